The maximum Gasteiger partial charge on any atom is 0.335 e. The second-order valence-electron chi connectivity index (χ2n) is 7.10. The van der Waals surface area contributed by atoms with Crippen molar-refractivity contribution in [3.05, 3.63) is 58.9 Å². The van der Waals surface area contributed by atoms with Crippen LogP contribution < -0.4 is 10.5 Å². The maximum atomic E-state index is 12.6. The molecule has 0 heterocycles. The number of benzene rings is 2. The summed E-state index contributed by atoms with van der Waals surface area (Å²) in [6, 6.07) is 6.87. The summed E-state index contributed by atoms with van der Waals surface area (Å²) in [5.41, 5.74) is 4.72. The third-order valence-corrected chi connectivity index (χ3v) is 4.70. The van der Waals surface area contributed by atoms with E-state index in [9.17, 15) is 34.8 Å². The number of ketones is 1. The number of nitrogens with two attached hydrogens (primary N) is 1. The minimum absolute atomic E-state index is 0.0797. The van der Waals surface area contributed by atoms with Crippen molar-refractivity contribution in [1.82, 2.24) is 0 Å². The van der Waals surface area contributed by atoms with Crippen LogP contribution in [0, 0.1) is 0 Å². The Morgan fingerprint density at radius 2 is 1.53 bits per heavy atom. The Morgan fingerprint density at radius 1 is 0.906 bits per heavy atom. The molecule has 0 aliphatic heterocycles. The molecule has 2 rings (SSSR count). The van der Waals surface area contributed by atoms with Crippen LogP contribution in [-0.2, 0) is 9.59 Å². The number of primary amides is 1. The summed E-state index contributed by atoms with van der Waals surface area (Å²) in [5, 5.41) is 39.0. The fourth-order valence-electron chi connectivity index (χ4n) is 3.05. The molecule has 6 N–H and O–H groups in total. The lowest BCUT2D eigenvalue weighted by molar-refractivity contribution is -0.133. The van der Waals surface area contributed by atoms with E-state index in [1.54, 1.807) is 0 Å². The molecule has 0 radical (unpaired) electrons. The molecule has 9 nitrogen and oxygen atoms in total. The molecule has 1 amide bonds. The van der Waals surface area contributed by atoms with Gasteiger partial charge < -0.3 is 30.9 Å². The number of hydrogen-bond donors (Lipinski definition) is 5. The highest BCUT2D eigenvalue weighted by Gasteiger charge is 2.23. The van der Waals surface area contributed by atoms with Gasteiger partial charge in [-0.3, -0.25) is 9.59 Å². The van der Waals surface area contributed by atoms with E-state index < -0.39 is 34.9 Å². The summed E-state index contributed by atoms with van der Waals surface area (Å²) in [7, 11) is 0. The number of carboxylic acid groups (broad SMARTS) is 1. The molecule has 9 heteroatoms. The molecule has 0 bridgehead atoms. The van der Waals surface area contributed by atoms with Crippen LogP contribution in [0.4, 0.5) is 0 Å². The van der Waals surface area contributed by atoms with Gasteiger partial charge in [0, 0.05) is 12.1 Å². The van der Waals surface area contributed by atoms with Gasteiger partial charge in [0.25, 0.3) is 5.91 Å². The molecule has 32 heavy (non-hydrogen) atoms. The van der Waals surface area contributed by atoms with Crippen LogP contribution in [-0.4, -0.2) is 38.1 Å². The summed E-state index contributed by atoms with van der Waals surface area (Å²) in [5.74, 6) is -5.02. The number of aromatic hydroxyl groups is 3. The Morgan fingerprint density at radius 3 is 2.06 bits per heavy atom. The molecule has 0 aliphatic rings. The Hall–Kier alpha value is -4.01. The van der Waals surface area contributed by atoms with E-state index in [2.05, 4.69) is 0 Å². The van der Waals surface area contributed by atoms with Crippen molar-refractivity contribution in [2.75, 3.05) is 0 Å². The zero-order chi connectivity index (χ0) is 23.8. The van der Waals surface area contributed by atoms with E-state index in [0.717, 1.165) is 31.4 Å². The number of carboxylic acids is 1. The van der Waals surface area contributed by atoms with Crippen molar-refractivity contribution in [3.8, 4) is 23.0 Å². The van der Waals surface area contributed by atoms with Crippen molar-refractivity contribution in [2.45, 2.75) is 39.0 Å². The Balaban J connectivity index is 2.32. The van der Waals surface area contributed by atoms with Gasteiger partial charge in [0.15, 0.2) is 5.78 Å². The van der Waals surface area contributed by atoms with E-state index in [-0.39, 0.29) is 34.6 Å². The van der Waals surface area contributed by atoms with Gasteiger partial charge in [0.05, 0.1) is 16.7 Å². The minimum atomic E-state index is -1.34. The van der Waals surface area contributed by atoms with Gasteiger partial charge in [-0.25, -0.2) is 4.79 Å². The summed E-state index contributed by atoms with van der Waals surface area (Å²) in [4.78, 5) is 36.1. The first-order valence-corrected chi connectivity index (χ1v) is 9.99. The lowest BCUT2D eigenvalue weighted by Gasteiger charge is -2.13. The zero-order valence-corrected chi connectivity index (χ0v) is 17.5. The second kappa shape index (κ2) is 10.9. The van der Waals surface area contributed by atoms with Crippen molar-refractivity contribution in [1.29, 1.82) is 0 Å². The molecule has 2 aromatic carbocycles. The molecule has 0 fully saturated rings. The third-order valence-electron chi connectivity index (χ3n) is 4.70. The minimum Gasteiger partial charge on any atom is -0.508 e. The molecular weight excluding hydrogens is 418 g/mol. The van der Waals surface area contributed by atoms with Crippen LogP contribution >= 0.6 is 0 Å². The lowest BCUT2D eigenvalue weighted by atomic mass is 10.0. The maximum absolute atomic E-state index is 12.6. The lowest BCUT2D eigenvalue weighted by Crippen LogP contribution is -2.23. The van der Waals surface area contributed by atoms with Gasteiger partial charge in [0.1, 0.15) is 23.0 Å². The van der Waals surface area contributed by atoms with Crippen molar-refractivity contribution in [2.24, 2.45) is 5.73 Å². The highest BCUT2D eigenvalue weighted by atomic mass is 16.5. The molecule has 0 spiro atoms. The van der Waals surface area contributed by atoms with Crippen LogP contribution in [0.1, 0.15) is 54.9 Å². The average molecular weight is 443 g/mol. The van der Waals surface area contributed by atoms with Crippen LogP contribution in [0.15, 0.2) is 47.7 Å². The molecular formula is C23H25NO8. The summed E-state index contributed by atoms with van der Waals surface area (Å²) >= 11 is 0. The van der Waals surface area contributed by atoms with Crippen molar-refractivity contribution < 1.29 is 39.5 Å². The van der Waals surface area contributed by atoms with E-state index in [4.69, 9.17) is 10.5 Å². The molecule has 0 saturated carbocycles. The summed E-state index contributed by atoms with van der Waals surface area (Å²) in [6.45, 7) is 2.01. The second-order valence-corrected chi connectivity index (χ2v) is 7.10. The van der Waals surface area contributed by atoms with Gasteiger partial charge in [-0.05, 0) is 37.1 Å². The largest absolute Gasteiger partial charge is 0.508 e. The smallest absolute Gasteiger partial charge is 0.335 e. The Bertz CT molecular complexity index is 1060. The number of hydrogen-bond acceptors (Lipinski definition) is 7. The van der Waals surface area contributed by atoms with Crippen LogP contribution in [0.25, 0.3) is 0 Å². The first-order chi connectivity index (χ1) is 15.1. The average Bonchev–Trinajstić information content (AvgIpc) is 2.72. The number of aliphatic carboxylic acids is 1. The van der Waals surface area contributed by atoms with Crippen LogP contribution in [0.3, 0.4) is 0 Å². The third kappa shape index (κ3) is 6.00. The number of amides is 1. The summed E-state index contributed by atoms with van der Waals surface area (Å²) in [6.07, 6.45) is 3.26. The first kappa shape index (κ1) is 24.3. The van der Waals surface area contributed by atoms with E-state index >= 15 is 0 Å². The number of unbranched alkanes of at least 4 members (excludes halogenated alkanes) is 3. The van der Waals surface area contributed by atoms with Gasteiger partial charge in [-0.2, -0.15) is 0 Å². The number of carbonyl (C=O) groups is 3. The van der Waals surface area contributed by atoms with Crippen LogP contribution in [0.5, 0.6) is 23.0 Å². The molecule has 0 atom stereocenters. The fraction of sp³-hybridized carbons (Fsp3) is 0.261. The quantitative estimate of drug-likeness (QED) is 0.153. The monoisotopic (exact) mass is 443 g/mol. The molecule has 0 aliphatic carbocycles. The highest BCUT2D eigenvalue weighted by Crippen LogP contribution is 2.31. The predicted octanol–water partition coefficient (Wildman–Crippen LogP) is 3.21. The predicted molar refractivity (Wildman–Crippen MR) is 115 cm³/mol. The van der Waals surface area contributed by atoms with Gasteiger partial charge in [0.2, 0.25) is 5.76 Å². The molecule has 170 valence electrons. The number of ether oxygens (including phenoxy) is 1. The number of phenolic OH excluding ortho intramolecular Hbond substituents is 3. The van der Waals surface area contributed by atoms with E-state index in [1.165, 1.54) is 24.3 Å². The SMILES string of the molecule is CCCCCC/C(C(=O)O)=C(\Oc1ccc(C(=O)c2ccc(O)cc2O)c(O)c1)C(N)=O. The number of phenols is 3. The van der Waals surface area contributed by atoms with Gasteiger partial charge >= 0.3 is 5.97 Å². The number of carbonyl (C=O) groups excluding carboxylic acids is 2. The van der Waals surface area contributed by atoms with E-state index in [0.29, 0.717) is 6.42 Å². The Labute approximate surface area is 184 Å². The number of rotatable bonds is 11. The Kier molecular flexibility index (Phi) is 8.23. The van der Waals surface area contributed by atoms with Gasteiger partial charge in [-0.1, -0.05) is 26.2 Å². The van der Waals surface area contributed by atoms with Crippen molar-refractivity contribution in [3.63, 3.8) is 0 Å². The molecule has 0 saturated heterocycles. The highest BCUT2D eigenvalue weighted by molar-refractivity contribution is 6.12. The van der Waals surface area contributed by atoms with Crippen molar-refractivity contribution >= 4 is 17.7 Å². The van der Waals surface area contributed by atoms with Gasteiger partial charge in [-0.15, -0.1) is 0 Å². The standard InChI is InChI=1S/C23H25NO8/c1-2-3-4-5-6-17(23(30)31)21(22(24)29)32-14-8-10-16(19(27)12-14)20(28)15-9-7-13(25)11-18(15)26/h7-12,25-27H,2-6H2,1H3,(H2,24,29)(H,30,31)/b21-17+. The topological polar surface area (TPSA) is 167 Å². The zero-order valence-electron chi connectivity index (χ0n) is 17.5. The molecule has 0 aromatic heterocycles. The van der Waals surface area contributed by atoms with Crippen LogP contribution in [0.2, 0.25) is 0 Å². The summed E-state index contributed by atoms with van der Waals surface area (Å²) < 4.78 is 5.39. The normalized spacial score (nSPS) is 11.5. The fourth-order valence-corrected chi connectivity index (χ4v) is 3.05. The molecule has 0 unspecified atom stereocenters. The van der Waals surface area contributed by atoms with E-state index in [1.807, 2.05) is 6.92 Å². The first-order valence-electron chi connectivity index (χ1n) is 9.99. The molecule has 2 aromatic rings.